The van der Waals surface area contributed by atoms with E-state index in [9.17, 15) is 0 Å². The van der Waals surface area contributed by atoms with E-state index in [2.05, 4.69) is 38.4 Å². The van der Waals surface area contributed by atoms with Gasteiger partial charge in [-0.25, -0.2) is 4.98 Å². The molecule has 5 heteroatoms. The van der Waals surface area contributed by atoms with E-state index in [1.165, 1.54) is 0 Å². The summed E-state index contributed by atoms with van der Waals surface area (Å²) in [4.78, 5) is 4.60. The molecule has 102 valence electrons. The van der Waals surface area contributed by atoms with Crippen molar-refractivity contribution >= 4 is 44.4 Å². The number of aliphatic hydroxyl groups is 1. The molecule has 0 saturated carbocycles. The van der Waals surface area contributed by atoms with Crippen LogP contribution in [0.1, 0.15) is 6.42 Å². The normalized spacial score (nSPS) is 10.8. The number of rotatable bonds is 7. The minimum Gasteiger partial charge on any atom is -0.396 e. The number of benzene rings is 1. The summed E-state index contributed by atoms with van der Waals surface area (Å²) in [6.07, 6.45) is 0.867. The molecule has 19 heavy (non-hydrogen) atoms. The lowest BCUT2D eigenvalue weighted by Gasteiger charge is -2.07. The topological polar surface area (TPSA) is 45.1 Å². The molecule has 0 radical (unpaired) electrons. The SMILES string of the molecule is OCCCSCCNc1ccc2cccc(Br)c2n1. The number of pyridine rings is 1. The minimum atomic E-state index is 0.278. The van der Waals surface area contributed by atoms with Crippen molar-refractivity contribution in [3.8, 4) is 0 Å². The summed E-state index contributed by atoms with van der Waals surface area (Å²) in [5.41, 5.74) is 0.987. The molecule has 0 saturated heterocycles. The third-order valence-electron chi connectivity index (χ3n) is 2.67. The van der Waals surface area contributed by atoms with Crippen LogP contribution >= 0.6 is 27.7 Å². The molecule has 0 fully saturated rings. The van der Waals surface area contributed by atoms with Gasteiger partial charge in [0.1, 0.15) is 5.82 Å². The van der Waals surface area contributed by atoms with E-state index in [1.807, 2.05) is 30.0 Å². The fraction of sp³-hybridized carbons (Fsp3) is 0.357. The first kappa shape index (κ1) is 14.6. The molecular weight excluding hydrogens is 324 g/mol. The molecule has 0 bridgehead atoms. The Hall–Kier alpha value is -0.780. The third kappa shape index (κ3) is 4.37. The van der Waals surface area contributed by atoms with Crippen LogP contribution in [0.5, 0.6) is 0 Å². The van der Waals surface area contributed by atoms with Gasteiger partial charge in [0.2, 0.25) is 0 Å². The zero-order valence-electron chi connectivity index (χ0n) is 10.6. The van der Waals surface area contributed by atoms with Crippen molar-refractivity contribution in [3.63, 3.8) is 0 Å². The van der Waals surface area contributed by atoms with Crippen molar-refractivity contribution in [1.82, 2.24) is 4.98 Å². The Bertz CT molecular complexity index is 536. The first-order chi connectivity index (χ1) is 9.31. The molecule has 0 spiro atoms. The first-order valence-corrected chi connectivity index (χ1v) is 8.24. The Balaban J connectivity index is 1.89. The van der Waals surface area contributed by atoms with Gasteiger partial charge in [-0.1, -0.05) is 12.1 Å². The van der Waals surface area contributed by atoms with Crippen LogP contribution in [-0.4, -0.2) is 34.7 Å². The Morgan fingerprint density at radius 1 is 1.21 bits per heavy atom. The van der Waals surface area contributed by atoms with Crippen LogP contribution in [0.4, 0.5) is 5.82 Å². The number of anilines is 1. The standard InChI is InChI=1S/C14H17BrN2OS/c15-12-4-1-3-11-5-6-13(17-14(11)12)16-7-10-19-9-2-8-18/h1,3-6,18H,2,7-10H2,(H,16,17). The Kier molecular flexibility index (Phi) is 5.94. The van der Waals surface area contributed by atoms with Crippen LogP contribution in [0.3, 0.4) is 0 Å². The van der Waals surface area contributed by atoms with Crippen molar-refractivity contribution in [3.05, 3.63) is 34.8 Å². The molecule has 1 aromatic carbocycles. The molecule has 2 N–H and O–H groups in total. The highest BCUT2D eigenvalue weighted by atomic mass is 79.9. The first-order valence-electron chi connectivity index (χ1n) is 6.29. The van der Waals surface area contributed by atoms with Gasteiger partial charge < -0.3 is 10.4 Å². The molecule has 0 aliphatic carbocycles. The van der Waals surface area contributed by atoms with Crippen LogP contribution in [0, 0.1) is 0 Å². The maximum Gasteiger partial charge on any atom is 0.126 e. The highest BCUT2D eigenvalue weighted by Crippen LogP contribution is 2.23. The second-order valence-corrected chi connectivity index (χ2v) is 6.20. The van der Waals surface area contributed by atoms with Gasteiger partial charge >= 0.3 is 0 Å². The Morgan fingerprint density at radius 2 is 2.11 bits per heavy atom. The van der Waals surface area contributed by atoms with Crippen molar-refractivity contribution in [2.75, 3.05) is 30.0 Å². The molecule has 1 heterocycles. The Morgan fingerprint density at radius 3 is 2.95 bits per heavy atom. The van der Waals surface area contributed by atoms with Gasteiger partial charge in [0, 0.05) is 28.8 Å². The summed E-state index contributed by atoms with van der Waals surface area (Å²) >= 11 is 5.37. The highest BCUT2D eigenvalue weighted by Gasteiger charge is 2.01. The zero-order chi connectivity index (χ0) is 13.5. The predicted octanol–water partition coefficient (Wildman–Crippen LogP) is 3.52. The van der Waals surface area contributed by atoms with Gasteiger partial charge in [0.15, 0.2) is 0 Å². The largest absolute Gasteiger partial charge is 0.396 e. The smallest absolute Gasteiger partial charge is 0.126 e. The fourth-order valence-corrected chi connectivity index (χ4v) is 2.98. The van der Waals surface area contributed by atoms with Crippen LogP contribution in [0.2, 0.25) is 0 Å². The van der Waals surface area contributed by atoms with E-state index in [4.69, 9.17) is 5.11 Å². The van der Waals surface area contributed by atoms with Gasteiger partial charge in [-0.3, -0.25) is 0 Å². The van der Waals surface area contributed by atoms with Crippen LogP contribution in [-0.2, 0) is 0 Å². The molecule has 2 aromatic rings. The number of aromatic nitrogens is 1. The van der Waals surface area contributed by atoms with E-state index in [0.717, 1.165) is 45.7 Å². The summed E-state index contributed by atoms with van der Waals surface area (Å²) in [6, 6.07) is 10.2. The number of nitrogens with one attached hydrogen (secondary N) is 1. The number of hydrogen-bond acceptors (Lipinski definition) is 4. The maximum atomic E-state index is 8.68. The van der Waals surface area contributed by atoms with E-state index in [1.54, 1.807) is 0 Å². The second-order valence-electron chi connectivity index (χ2n) is 4.12. The molecule has 0 atom stereocenters. The number of thioether (sulfide) groups is 1. The Labute approximate surface area is 125 Å². The van der Waals surface area contributed by atoms with Gasteiger partial charge in [-0.15, -0.1) is 0 Å². The van der Waals surface area contributed by atoms with Crippen LogP contribution in [0.25, 0.3) is 10.9 Å². The highest BCUT2D eigenvalue weighted by molar-refractivity contribution is 9.10. The monoisotopic (exact) mass is 340 g/mol. The molecular formula is C14H17BrN2OS. The molecule has 0 aliphatic heterocycles. The number of hydrogen-bond donors (Lipinski definition) is 2. The molecule has 0 aliphatic rings. The minimum absolute atomic E-state index is 0.278. The quantitative estimate of drug-likeness (QED) is 0.757. The third-order valence-corrected chi connectivity index (χ3v) is 4.38. The number of fused-ring (bicyclic) bond motifs is 1. The second kappa shape index (κ2) is 7.72. The summed E-state index contributed by atoms with van der Waals surface area (Å²) in [5, 5.41) is 13.1. The number of halogens is 1. The van der Waals surface area contributed by atoms with E-state index in [-0.39, 0.29) is 6.61 Å². The molecule has 0 amide bonds. The van der Waals surface area contributed by atoms with Gasteiger partial charge in [0.25, 0.3) is 0 Å². The number of aliphatic hydroxyl groups excluding tert-OH is 1. The lowest BCUT2D eigenvalue weighted by Crippen LogP contribution is -2.06. The van der Waals surface area contributed by atoms with E-state index in [0.29, 0.717) is 0 Å². The van der Waals surface area contributed by atoms with Gasteiger partial charge in [-0.2, -0.15) is 11.8 Å². The van der Waals surface area contributed by atoms with Gasteiger partial charge in [-0.05, 0) is 46.3 Å². The number of para-hydroxylation sites is 1. The van der Waals surface area contributed by atoms with Crippen molar-refractivity contribution in [2.45, 2.75) is 6.42 Å². The van der Waals surface area contributed by atoms with E-state index >= 15 is 0 Å². The van der Waals surface area contributed by atoms with E-state index < -0.39 is 0 Å². The fourth-order valence-electron chi connectivity index (χ4n) is 1.73. The molecule has 3 nitrogen and oxygen atoms in total. The zero-order valence-corrected chi connectivity index (χ0v) is 13.0. The van der Waals surface area contributed by atoms with Crippen LogP contribution < -0.4 is 5.32 Å². The average Bonchev–Trinajstić information content (AvgIpc) is 2.43. The molecule has 0 unspecified atom stereocenters. The summed E-state index contributed by atoms with van der Waals surface area (Å²) < 4.78 is 1.02. The van der Waals surface area contributed by atoms with Crippen molar-refractivity contribution < 1.29 is 5.11 Å². The van der Waals surface area contributed by atoms with Crippen molar-refractivity contribution in [1.29, 1.82) is 0 Å². The summed E-state index contributed by atoms with van der Waals surface area (Å²) in [6.45, 7) is 1.17. The maximum absolute atomic E-state index is 8.68. The van der Waals surface area contributed by atoms with Crippen molar-refractivity contribution in [2.24, 2.45) is 0 Å². The average molecular weight is 341 g/mol. The lowest BCUT2D eigenvalue weighted by atomic mass is 10.2. The summed E-state index contributed by atoms with van der Waals surface area (Å²) in [7, 11) is 0. The van der Waals surface area contributed by atoms with Gasteiger partial charge in [0.05, 0.1) is 5.52 Å². The number of nitrogens with zero attached hydrogens (tertiary/aromatic N) is 1. The molecule has 1 aromatic heterocycles. The van der Waals surface area contributed by atoms with Crippen LogP contribution in [0.15, 0.2) is 34.8 Å². The predicted molar refractivity (Wildman–Crippen MR) is 87.0 cm³/mol. The molecule has 2 rings (SSSR count). The summed E-state index contributed by atoms with van der Waals surface area (Å²) in [5.74, 6) is 2.94. The lowest BCUT2D eigenvalue weighted by molar-refractivity contribution is 0.296.